The van der Waals surface area contributed by atoms with E-state index in [1.165, 1.54) is 23.1 Å². The van der Waals surface area contributed by atoms with Gasteiger partial charge in [-0.05, 0) is 46.3 Å². The smallest absolute Gasteiger partial charge is 0.338 e. The van der Waals surface area contributed by atoms with Crippen LogP contribution in [0.2, 0.25) is 0 Å². The molecule has 3 rings (SSSR count). The van der Waals surface area contributed by atoms with E-state index in [9.17, 15) is 9.18 Å². The molecule has 0 aliphatic heterocycles. The van der Waals surface area contributed by atoms with E-state index in [1.54, 1.807) is 36.4 Å². The van der Waals surface area contributed by atoms with Gasteiger partial charge in [-0.15, -0.1) is 5.10 Å². The van der Waals surface area contributed by atoms with Crippen molar-refractivity contribution in [1.82, 2.24) is 20.2 Å². The van der Waals surface area contributed by atoms with E-state index in [2.05, 4.69) is 15.5 Å². The molecule has 0 N–H and O–H groups in total. The minimum absolute atomic E-state index is 0.0776. The van der Waals surface area contributed by atoms with Gasteiger partial charge in [0.1, 0.15) is 18.8 Å². The SMILES string of the molecule is O=C(OCc1ccc(F)cc1)c1cccc(-n2cnnn2)c1. The second kappa shape index (κ2) is 6.13. The average molecular weight is 298 g/mol. The molecule has 2 aromatic carbocycles. The summed E-state index contributed by atoms with van der Waals surface area (Å²) in [7, 11) is 0. The van der Waals surface area contributed by atoms with Gasteiger partial charge in [-0.2, -0.15) is 0 Å². The van der Waals surface area contributed by atoms with Crippen molar-refractivity contribution in [2.45, 2.75) is 6.61 Å². The van der Waals surface area contributed by atoms with Crippen molar-refractivity contribution in [2.75, 3.05) is 0 Å². The molecule has 1 heterocycles. The largest absolute Gasteiger partial charge is 0.457 e. The molecule has 6 nitrogen and oxygen atoms in total. The molecule has 3 aromatic rings. The highest BCUT2D eigenvalue weighted by Crippen LogP contribution is 2.11. The number of carbonyl (C=O) groups is 1. The number of esters is 1. The number of halogens is 1. The molecular weight excluding hydrogens is 287 g/mol. The fourth-order valence-corrected chi connectivity index (χ4v) is 1.87. The molecule has 0 saturated heterocycles. The van der Waals surface area contributed by atoms with Gasteiger partial charge in [0.15, 0.2) is 0 Å². The lowest BCUT2D eigenvalue weighted by molar-refractivity contribution is 0.0472. The number of nitrogens with zero attached hydrogens (tertiary/aromatic N) is 4. The van der Waals surface area contributed by atoms with Crippen molar-refractivity contribution in [3.8, 4) is 5.69 Å². The lowest BCUT2D eigenvalue weighted by atomic mass is 10.2. The Hall–Kier alpha value is -3.09. The zero-order chi connectivity index (χ0) is 15.4. The summed E-state index contributed by atoms with van der Waals surface area (Å²) in [5.41, 5.74) is 1.75. The van der Waals surface area contributed by atoms with Crippen LogP contribution in [0.4, 0.5) is 4.39 Å². The molecule has 0 aliphatic rings. The molecule has 0 aliphatic carbocycles. The van der Waals surface area contributed by atoms with Gasteiger partial charge in [0.2, 0.25) is 0 Å². The van der Waals surface area contributed by atoms with E-state index in [0.29, 0.717) is 16.8 Å². The third kappa shape index (κ3) is 3.14. The number of benzene rings is 2. The Labute approximate surface area is 125 Å². The van der Waals surface area contributed by atoms with Crippen LogP contribution in [-0.2, 0) is 11.3 Å². The topological polar surface area (TPSA) is 69.9 Å². The summed E-state index contributed by atoms with van der Waals surface area (Å²) in [6.45, 7) is 0.0776. The van der Waals surface area contributed by atoms with E-state index in [1.807, 2.05) is 0 Å². The number of rotatable bonds is 4. The molecule has 0 bridgehead atoms. The highest BCUT2D eigenvalue weighted by molar-refractivity contribution is 5.90. The van der Waals surface area contributed by atoms with Crippen LogP contribution in [0.1, 0.15) is 15.9 Å². The van der Waals surface area contributed by atoms with Crippen molar-refractivity contribution < 1.29 is 13.9 Å². The Morgan fingerprint density at radius 3 is 2.73 bits per heavy atom. The van der Waals surface area contributed by atoms with Crippen LogP contribution in [-0.4, -0.2) is 26.2 Å². The van der Waals surface area contributed by atoms with E-state index >= 15 is 0 Å². The van der Waals surface area contributed by atoms with E-state index in [0.717, 1.165) is 0 Å². The first kappa shape index (κ1) is 13.9. The number of ether oxygens (including phenoxy) is 1. The minimum atomic E-state index is -0.473. The summed E-state index contributed by atoms with van der Waals surface area (Å²) in [4.78, 5) is 12.0. The second-order valence-corrected chi connectivity index (χ2v) is 4.51. The molecule has 0 spiro atoms. The number of hydrogen-bond donors (Lipinski definition) is 0. The third-order valence-electron chi connectivity index (χ3n) is 2.98. The van der Waals surface area contributed by atoms with Crippen molar-refractivity contribution in [3.05, 3.63) is 71.8 Å². The van der Waals surface area contributed by atoms with Gasteiger partial charge in [-0.1, -0.05) is 18.2 Å². The Bertz CT molecular complexity index is 773. The quantitative estimate of drug-likeness (QED) is 0.690. The predicted molar refractivity (Wildman–Crippen MR) is 74.7 cm³/mol. The highest BCUT2D eigenvalue weighted by atomic mass is 19.1. The zero-order valence-electron chi connectivity index (χ0n) is 11.4. The van der Waals surface area contributed by atoms with E-state index < -0.39 is 5.97 Å². The Balaban J connectivity index is 1.70. The molecule has 0 saturated carbocycles. The monoisotopic (exact) mass is 298 g/mol. The van der Waals surface area contributed by atoms with Crippen LogP contribution in [0.25, 0.3) is 5.69 Å². The molecule has 0 radical (unpaired) electrons. The molecule has 0 unspecified atom stereocenters. The predicted octanol–water partition coefficient (Wildman–Crippen LogP) is 2.16. The molecule has 110 valence electrons. The minimum Gasteiger partial charge on any atom is -0.457 e. The number of tetrazole rings is 1. The van der Waals surface area contributed by atoms with Crippen molar-refractivity contribution in [1.29, 1.82) is 0 Å². The maximum Gasteiger partial charge on any atom is 0.338 e. The Morgan fingerprint density at radius 2 is 2.00 bits per heavy atom. The number of hydrogen-bond acceptors (Lipinski definition) is 5. The van der Waals surface area contributed by atoms with Crippen molar-refractivity contribution in [3.63, 3.8) is 0 Å². The fraction of sp³-hybridized carbons (Fsp3) is 0.0667. The molecule has 22 heavy (non-hydrogen) atoms. The zero-order valence-corrected chi connectivity index (χ0v) is 11.4. The highest BCUT2D eigenvalue weighted by Gasteiger charge is 2.09. The van der Waals surface area contributed by atoms with Gasteiger partial charge in [-0.25, -0.2) is 13.9 Å². The lowest BCUT2D eigenvalue weighted by Crippen LogP contribution is -2.06. The molecule has 7 heteroatoms. The first-order valence-corrected chi connectivity index (χ1v) is 6.47. The van der Waals surface area contributed by atoms with Crippen molar-refractivity contribution >= 4 is 5.97 Å². The number of carbonyl (C=O) groups excluding carboxylic acids is 1. The van der Waals surface area contributed by atoms with Gasteiger partial charge >= 0.3 is 5.97 Å². The Kier molecular flexibility index (Phi) is 3.86. The Morgan fingerprint density at radius 1 is 1.18 bits per heavy atom. The average Bonchev–Trinajstić information content (AvgIpc) is 3.09. The maximum atomic E-state index is 12.8. The summed E-state index contributed by atoms with van der Waals surface area (Å²) in [5.74, 6) is -0.802. The summed E-state index contributed by atoms with van der Waals surface area (Å²) in [6.07, 6.45) is 1.43. The van der Waals surface area contributed by atoms with Crippen molar-refractivity contribution in [2.24, 2.45) is 0 Å². The maximum absolute atomic E-state index is 12.8. The summed E-state index contributed by atoms with van der Waals surface area (Å²) >= 11 is 0. The third-order valence-corrected chi connectivity index (χ3v) is 2.98. The summed E-state index contributed by atoms with van der Waals surface area (Å²) in [5, 5.41) is 10.8. The first-order chi connectivity index (χ1) is 10.7. The standard InChI is InChI=1S/C15H11FN4O2/c16-13-6-4-11(5-7-13)9-22-15(21)12-2-1-3-14(8-12)20-10-17-18-19-20/h1-8,10H,9H2. The van der Waals surface area contributed by atoms with Crippen LogP contribution >= 0.6 is 0 Å². The summed E-state index contributed by atoms with van der Waals surface area (Å²) < 4.78 is 19.4. The number of aromatic nitrogens is 4. The van der Waals surface area contributed by atoms with Crippen LogP contribution in [0.3, 0.4) is 0 Å². The van der Waals surface area contributed by atoms with Crippen LogP contribution in [0.15, 0.2) is 54.9 Å². The molecular formula is C15H11FN4O2. The molecule has 0 amide bonds. The molecule has 0 atom stereocenters. The van der Waals surface area contributed by atoms with E-state index in [4.69, 9.17) is 4.74 Å². The fourth-order valence-electron chi connectivity index (χ4n) is 1.87. The van der Waals surface area contributed by atoms with Gasteiger partial charge < -0.3 is 4.74 Å². The second-order valence-electron chi connectivity index (χ2n) is 4.51. The molecule has 1 aromatic heterocycles. The molecule has 0 fully saturated rings. The lowest BCUT2D eigenvalue weighted by Gasteiger charge is -2.06. The van der Waals surface area contributed by atoms with Gasteiger partial charge in [-0.3, -0.25) is 0 Å². The van der Waals surface area contributed by atoms with Gasteiger partial charge in [0.25, 0.3) is 0 Å². The van der Waals surface area contributed by atoms with Crippen LogP contribution in [0.5, 0.6) is 0 Å². The summed E-state index contributed by atoms with van der Waals surface area (Å²) in [6, 6.07) is 12.5. The normalized spacial score (nSPS) is 10.4. The van der Waals surface area contributed by atoms with Crippen LogP contribution in [0, 0.1) is 5.82 Å². The van der Waals surface area contributed by atoms with Crippen LogP contribution < -0.4 is 0 Å². The van der Waals surface area contributed by atoms with Gasteiger partial charge in [0, 0.05) is 0 Å². The van der Waals surface area contributed by atoms with E-state index in [-0.39, 0.29) is 12.4 Å². The van der Waals surface area contributed by atoms with Gasteiger partial charge in [0.05, 0.1) is 11.3 Å². The first-order valence-electron chi connectivity index (χ1n) is 6.47.